The number of benzene rings is 2. The number of hydrogen-bond donors (Lipinski definition) is 1. The highest BCUT2D eigenvalue weighted by Gasteiger charge is 2.10. The van der Waals surface area contributed by atoms with Gasteiger partial charge < -0.3 is 9.67 Å². The average Bonchev–Trinajstić information content (AvgIpc) is 2.66. The summed E-state index contributed by atoms with van der Waals surface area (Å²) in [6.45, 7) is 0.195. The normalized spacial score (nSPS) is 11.4. The summed E-state index contributed by atoms with van der Waals surface area (Å²) in [4.78, 5) is 0. The summed E-state index contributed by atoms with van der Waals surface area (Å²) in [5.74, 6) is 0. The summed E-state index contributed by atoms with van der Waals surface area (Å²) in [5, 5.41) is 11.7. The molecule has 0 spiro atoms. The lowest BCUT2D eigenvalue weighted by atomic mass is 10.1. The number of hydrogen-bond acceptors (Lipinski definition) is 1. The molecule has 17 heavy (non-hydrogen) atoms. The van der Waals surface area contributed by atoms with E-state index < -0.39 is 0 Å². The minimum atomic E-state index is 0.195. The van der Waals surface area contributed by atoms with Gasteiger partial charge in [0, 0.05) is 29.9 Å². The van der Waals surface area contributed by atoms with E-state index in [1.165, 1.54) is 27.4 Å². The van der Waals surface area contributed by atoms with Crippen LogP contribution in [0.4, 0.5) is 0 Å². The lowest BCUT2D eigenvalue weighted by molar-refractivity contribution is 0.300. The van der Waals surface area contributed by atoms with Gasteiger partial charge in [-0.1, -0.05) is 36.4 Å². The molecule has 0 saturated heterocycles. The van der Waals surface area contributed by atoms with Gasteiger partial charge in [-0.25, -0.2) is 0 Å². The topological polar surface area (TPSA) is 25.2 Å². The van der Waals surface area contributed by atoms with Crippen LogP contribution in [0.25, 0.3) is 21.8 Å². The Balaban J connectivity index is 2.48. The van der Waals surface area contributed by atoms with Crippen LogP contribution in [0.3, 0.4) is 0 Å². The van der Waals surface area contributed by atoms with E-state index in [9.17, 15) is 0 Å². The highest BCUT2D eigenvalue weighted by Crippen LogP contribution is 2.30. The number of aromatic nitrogens is 1. The van der Waals surface area contributed by atoms with Crippen LogP contribution in [0, 0.1) is 0 Å². The van der Waals surface area contributed by atoms with Crippen molar-refractivity contribution in [1.82, 2.24) is 4.57 Å². The van der Waals surface area contributed by atoms with Crippen molar-refractivity contribution in [2.45, 2.75) is 6.42 Å². The Bertz CT molecular complexity index is 682. The van der Waals surface area contributed by atoms with E-state index in [4.69, 9.17) is 5.11 Å². The molecule has 0 fully saturated rings. The number of fused-ring (bicyclic) bond motifs is 3. The van der Waals surface area contributed by atoms with Crippen molar-refractivity contribution < 1.29 is 5.11 Å². The minimum absolute atomic E-state index is 0.195. The molecular weight excluding hydrogens is 210 g/mol. The van der Waals surface area contributed by atoms with Crippen LogP contribution in [0.2, 0.25) is 0 Å². The maximum Gasteiger partial charge on any atom is 0.0522 e. The Morgan fingerprint density at radius 3 is 2.59 bits per heavy atom. The van der Waals surface area contributed by atoms with Gasteiger partial charge in [0.2, 0.25) is 0 Å². The Morgan fingerprint density at radius 1 is 1.00 bits per heavy atom. The van der Waals surface area contributed by atoms with Gasteiger partial charge in [0.25, 0.3) is 0 Å². The highest BCUT2D eigenvalue weighted by atomic mass is 16.2. The fraction of sp³-hybridized carbons (Fsp3) is 0.200. The van der Waals surface area contributed by atoms with E-state index in [1.807, 2.05) is 0 Å². The van der Waals surface area contributed by atoms with Gasteiger partial charge in [0.15, 0.2) is 0 Å². The molecule has 86 valence electrons. The number of aryl methyl sites for hydroxylation is 1. The van der Waals surface area contributed by atoms with Gasteiger partial charge in [-0.2, -0.15) is 0 Å². The lowest BCUT2D eigenvalue weighted by Crippen LogP contribution is -1.95. The molecule has 0 radical (unpaired) electrons. The Morgan fingerprint density at radius 2 is 1.76 bits per heavy atom. The summed E-state index contributed by atoms with van der Waals surface area (Å²) >= 11 is 0. The second-order valence-corrected chi connectivity index (χ2v) is 4.36. The monoisotopic (exact) mass is 225 g/mol. The first kappa shape index (κ1) is 10.4. The Hall–Kier alpha value is -1.80. The molecule has 1 N–H and O–H groups in total. The molecule has 1 aromatic heterocycles. The molecule has 0 aliphatic carbocycles. The van der Waals surface area contributed by atoms with Crippen LogP contribution >= 0.6 is 0 Å². The zero-order valence-corrected chi connectivity index (χ0v) is 9.85. The number of aliphatic hydroxyl groups is 1. The van der Waals surface area contributed by atoms with Crippen molar-refractivity contribution in [2.75, 3.05) is 6.61 Å². The maximum absolute atomic E-state index is 9.14. The summed E-state index contributed by atoms with van der Waals surface area (Å²) in [7, 11) is 2.09. The van der Waals surface area contributed by atoms with Gasteiger partial charge in [-0.05, 0) is 18.1 Å². The zero-order valence-electron chi connectivity index (χ0n) is 9.85. The molecule has 0 aliphatic rings. The largest absolute Gasteiger partial charge is 0.396 e. The van der Waals surface area contributed by atoms with Gasteiger partial charge in [-0.15, -0.1) is 0 Å². The van der Waals surface area contributed by atoms with E-state index in [2.05, 4.69) is 54.1 Å². The van der Waals surface area contributed by atoms with Crippen LogP contribution in [0.5, 0.6) is 0 Å². The second-order valence-electron chi connectivity index (χ2n) is 4.36. The number of rotatable bonds is 2. The Labute approximate surface area is 100 Å². The number of aliphatic hydroxyl groups excluding tert-OH is 1. The third-order valence-electron chi connectivity index (χ3n) is 3.39. The molecule has 0 amide bonds. The van der Waals surface area contributed by atoms with Gasteiger partial charge in [0.1, 0.15) is 0 Å². The molecule has 0 aliphatic heterocycles. The van der Waals surface area contributed by atoms with Crippen LogP contribution in [0.1, 0.15) is 5.56 Å². The average molecular weight is 225 g/mol. The van der Waals surface area contributed by atoms with Gasteiger partial charge in [0.05, 0.1) is 5.52 Å². The van der Waals surface area contributed by atoms with Crippen molar-refractivity contribution in [2.24, 2.45) is 7.05 Å². The van der Waals surface area contributed by atoms with Gasteiger partial charge in [-0.3, -0.25) is 0 Å². The van der Waals surface area contributed by atoms with E-state index >= 15 is 0 Å². The van der Waals surface area contributed by atoms with E-state index in [1.54, 1.807) is 0 Å². The number of para-hydroxylation sites is 2. The van der Waals surface area contributed by atoms with Crippen LogP contribution in [0.15, 0.2) is 42.5 Å². The Kier molecular flexibility index (Phi) is 2.37. The van der Waals surface area contributed by atoms with Crippen molar-refractivity contribution in [3.05, 3.63) is 48.0 Å². The molecule has 2 nitrogen and oxygen atoms in total. The fourth-order valence-electron chi connectivity index (χ4n) is 2.64. The number of nitrogens with zero attached hydrogens (tertiary/aromatic N) is 1. The van der Waals surface area contributed by atoms with E-state index in [-0.39, 0.29) is 6.61 Å². The lowest BCUT2D eigenvalue weighted by Gasteiger charge is -2.04. The summed E-state index contributed by atoms with van der Waals surface area (Å²) in [6, 6.07) is 14.7. The standard InChI is InChI=1S/C15H15NO/c1-16-14-8-3-2-6-12(14)13-7-4-5-11(9-10-17)15(13)16/h2-8,17H,9-10H2,1H3. The quantitative estimate of drug-likeness (QED) is 0.712. The molecule has 0 saturated carbocycles. The fourth-order valence-corrected chi connectivity index (χ4v) is 2.64. The minimum Gasteiger partial charge on any atom is -0.396 e. The van der Waals surface area contributed by atoms with E-state index in [0.29, 0.717) is 6.42 Å². The molecule has 2 heteroatoms. The summed E-state index contributed by atoms with van der Waals surface area (Å²) < 4.78 is 2.22. The third kappa shape index (κ3) is 1.45. The molecule has 3 aromatic rings. The first-order valence-electron chi connectivity index (χ1n) is 5.89. The zero-order chi connectivity index (χ0) is 11.8. The van der Waals surface area contributed by atoms with E-state index in [0.717, 1.165) is 0 Å². The molecular formula is C15H15NO. The summed E-state index contributed by atoms with van der Waals surface area (Å²) in [6.07, 6.45) is 0.710. The SMILES string of the molecule is Cn1c2ccccc2c2cccc(CCO)c21. The summed E-state index contributed by atoms with van der Waals surface area (Å²) in [5.41, 5.74) is 3.69. The first-order chi connectivity index (χ1) is 8.33. The van der Waals surface area contributed by atoms with Crippen molar-refractivity contribution >= 4 is 21.8 Å². The molecule has 3 rings (SSSR count). The van der Waals surface area contributed by atoms with Gasteiger partial charge >= 0.3 is 0 Å². The van der Waals surface area contributed by atoms with Crippen molar-refractivity contribution in [3.8, 4) is 0 Å². The van der Waals surface area contributed by atoms with Crippen LogP contribution in [-0.4, -0.2) is 16.3 Å². The molecule has 1 heterocycles. The molecule has 0 bridgehead atoms. The predicted molar refractivity (Wildman–Crippen MR) is 71.2 cm³/mol. The molecule has 0 atom stereocenters. The highest BCUT2D eigenvalue weighted by molar-refractivity contribution is 6.08. The molecule has 2 aromatic carbocycles. The first-order valence-corrected chi connectivity index (χ1v) is 5.89. The van der Waals surface area contributed by atoms with Crippen molar-refractivity contribution in [1.29, 1.82) is 0 Å². The maximum atomic E-state index is 9.14. The van der Waals surface area contributed by atoms with Crippen LogP contribution in [-0.2, 0) is 13.5 Å². The smallest absolute Gasteiger partial charge is 0.0522 e. The second kappa shape index (κ2) is 3.90. The van der Waals surface area contributed by atoms with Crippen LogP contribution < -0.4 is 0 Å². The third-order valence-corrected chi connectivity index (χ3v) is 3.39. The van der Waals surface area contributed by atoms with Crippen molar-refractivity contribution in [3.63, 3.8) is 0 Å². The molecule has 0 unspecified atom stereocenters. The predicted octanol–water partition coefficient (Wildman–Crippen LogP) is 2.87.